The number of hydrogen-bond acceptors (Lipinski definition) is 2. The minimum atomic E-state index is -0.460. The molecule has 1 N–H and O–H groups in total. The number of rotatable bonds is 2. The molecule has 116 valence electrons. The number of hydrogen-bond donors (Lipinski definition) is 1. The van der Waals surface area contributed by atoms with E-state index in [0.29, 0.717) is 29.3 Å². The van der Waals surface area contributed by atoms with Crippen molar-refractivity contribution in [1.82, 2.24) is 9.88 Å². The summed E-state index contributed by atoms with van der Waals surface area (Å²) >= 11 is 0. The summed E-state index contributed by atoms with van der Waals surface area (Å²) in [6.07, 6.45) is 2.56. The Labute approximate surface area is 128 Å². The molecule has 0 saturated carbocycles. The molecule has 2 heterocycles. The number of piperidine rings is 1. The Hall–Kier alpha value is -2.17. The van der Waals surface area contributed by atoms with Gasteiger partial charge in [0.25, 0.3) is 0 Å². The third-order valence-electron chi connectivity index (χ3n) is 4.32. The number of halogens is 1. The highest BCUT2D eigenvalue weighted by Gasteiger charge is 2.29. The summed E-state index contributed by atoms with van der Waals surface area (Å²) in [5.41, 5.74) is 2.19. The Bertz CT molecular complexity index is 777. The number of aryl methyl sites for hydroxylation is 1. The SMILES string of the molecule is Cc1cn(C2CCC(=O)NC2=O)c2ccc(C(C)C)c(F)c12. The Balaban J connectivity index is 2.15. The van der Waals surface area contributed by atoms with E-state index in [1.807, 2.05) is 26.8 Å². The summed E-state index contributed by atoms with van der Waals surface area (Å²) in [5, 5.41) is 2.92. The molecule has 2 amide bonds. The summed E-state index contributed by atoms with van der Waals surface area (Å²) in [7, 11) is 0. The van der Waals surface area contributed by atoms with Crippen molar-refractivity contribution < 1.29 is 14.0 Å². The normalized spacial score (nSPS) is 19.0. The molecule has 0 aliphatic carbocycles. The Kier molecular flexibility index (Phi) is 3.51. The molecule has 0 radical (unpaired) electrons. The number of carbonyl (C=O) groups is 2. The molecule has 4 nitrogen and oxygen atoms in total. The Morgan fingerprint density at radius 2 is 2.05 bits per heavy atom. The van der Waals surface area contributed by atoms with Crippen molar-refractivity contribution in [3.8, 4) is 0 Å². The molecule has 22 heavy (non-hydrogen) atoms. The number of benzene rings is 1. The van der Waals surface area contributed by atoms with Crippen LogP contribution >= 0.6 is 0 Å². The summed E-state index contributed by atoms with van der Waals surface area (Å²) in [4.78, 5) is 23.4. The zero-order valence-corrected chi connectivity index (χ0v) is 12.9. The molecular weight excluding hydrogens is 283 g/mol. The van der Waals surface area contributed by atoms with Gasteiger partial charge in [-0.15, -0.1) is 0 Å². The van der Waals surface area contributed by atoms with E-state index in [-0.39, 0.29) is 23.5 Å². The van der Waals surface area contributed by atoms with Crippen LogP contribution in [0.2, 0.25) is 0 Å². The minimum Gasteiger partial charge on any atom is -0.335 e. The van der Waals surface area contributed by atoms with Crippen LogP contribution in [0.3, 0.4) is 0 Å². The van der Waals surface area contributed by atoms with E-state index >= 15 is 0 Å². The maximum Gasteiger partial charge on any atom is 0.249 e. The monoisotopic (exact) mass is 302 g/mol. The predicted octanol–water partition coefficient (Wildman–Crippen LogP) is 3.19. The first-order chi connectivity index (χ1) is 10.4. The van der Waals surface area contributed by atoms with Crippen molar-refractivity contribution >= 4 is 22.7 Å². The fraction of sp³-hybridized carbons (Fsp3) is 0.412. The number of nitrogens with zero attached hydrogens (tertiary/aromatic N) is 1. The minimum absolute atomic E-state index is 0.0998. The molecular formula is C17H19FN2O2. The van der Waals surface area contributed by atoms with E-state index in [2.05, 4.69) is 5.32 Å². The number of amides is 2. The third-order valence-corrected chi connectivity index (χ3v) is 4.32. The van der Waals surface area contributed by atoms with Crippen LogP contribution in [0, 0.1) is 12.7 Å². The summed E-state index contributed by atoms with van der Waals surface area (Å²) in [6.45, 7) is 5.76. The van der Waals surface area contributed by atoms with Gasteiger partial charge in [-0.25, -0.2) is 4.39 Å². The summed E-state index contributed by atoms with van der Waals surface area (Å²) in [5.74, 6) is -0.678. The van der Waals surface area contributed by atoms with Crippen LogP contribution in [0.5, 0.6) is 0 Å². The molecule has 1 aromatic carbocycles. The lowest BCUT2D eigenvalue weighted by molar-refractivity contribution is -0.135. The molecule has 3 rings (SSSR count). The number of fused-ring (bicyclic) bond motifs is 1. The molecule has 2 aromatic rings. The van der Waals surface area contributed by atoms with Gasteiger partial charge in [-0.05, 0) is 36.5 Å². The lowest BCUT2D eigenvalue weighted by Crippen LogP contribution is -2.41. The second-order valence-electron chi connectivity index (χ2n) is 6.20. The van der Waals surface area contributed by atoms with Gasteiger partial charge in [0.1, 0.15) is 11.9 Å². The van der Waals surface area contributed by atoms with Crippen molar-refractivity contribution in [2.45, 2.75) is 45.6 Å². The molecule has 1 atom stereocenters. The highest BCUT2D eigenvalue weighted by atomic mass is 19.1. The average Bonchev–Trinajstić information content (AvgIpc) is 2.76. The van der Waals surface area contributed by atoms with Crippen molar-refractivity contribution in [3.63, 3.8) is 0 Å². The van der Waals surface area contributed by atoms with Gasteiger partial charge in [0.15, 0.2) is 0 Å². The first-order valence-corrected chi connectivity index (χ1v) is 7.53. The van der Waals surface area contributed by atoms with Crippen LogP contribution in [0.25, 0.3) is 10.9 Å². The molecule has 1 fully saturated rings. The van der Waals surface area contributed by atoms with Crippen molar-refractivity contribution in [2.24, 2.45) is 0 Å². The Morgan fingerprint density at radius 3 is 2.68 bits per heavy atom. The van der Waals surface area contributed by atoms with Gasteiger partial charge in [-0.2, -0.15) is 0 Å². The van der Waals surface area contributed by atoms with Gasteiger partial charge >= 0.3 is 0 Å². The van der Waals surface area contributed by atoms with Crippen molar-refractivity contribution in [3.05, 3.63) is 35.3 Å². The first kappa shape index (κ1) is 14.8. The molecule has 0 spiro atoms. The maximum absolute atomic E-state index is 14.8. The molecule has 1 aromatic heterocycles. The zero-order valence-electron chi connectivity index (χ0n) is 12.9. The summed E-state index contributed by atoms with van der Waals surface area (Å²) in [6, 6.07) is 3.19. The maximum atomic E-state index is 14.8. The van der Waals surface area contributed by atoms with Gasteiger partial charge in [0.2, 0.25) is 11.8 Å². The quantitative estimate of drug-likeness (QED) is 0.866. The van der Waals surface area contributed by atoms with Gasteiger partial charge in [0, 0.05) is 18.0 Å². The van der Waals surface area contributed by atoms with Crippen LogP contribution in [-0.4, -0.2) is 16.4 Å². The fourth-order valence-electron chi connectivity index (χ4n) is 3.17. The number of nitrogens with one attached hydrogen (secondary N) is 1. The number of aromatic nitrogens is 1. The molecule has 1 aliphatic rings. The number of imide groups is 1. The predicted molar refractivity (Wildman–Crippen MR) is 82.1 cm³/mol. The second-order valence-corrected chi connectivity index (χ2v) is 6.20. The zero-order chi connectivity index (χ0) is 16.0. The van der Waals surface area contributed by atoms with Gasteiger partial charge in [-0.1, -0.05) is 19.9 Å². The van der Waals surface area contributed by atoms with E-state index in [1.165, 1.54) is 0 Å². The van der Waals surface area contributed by atoms with E-state index in [9.17, 15) is 14.0 Å². The first-order valence-electron chi connectivity index (χ1n) is 7.53. The van der Waals surface area contributed by atoms with Crippen LogP contribution in [0.15, 0.2) is 18.3 Å². The number of carbonyl (C=O) groups excluding carboxylic acids is 2. The van der Waals surface area contributed by atoms with Crippen molar-refractivity contribution in [2.75, 3.05) is 0 Å². The Morgan fingerprint density at radius 1 is 1.32 bits per heavy atom. The highest BCUT2D eigenvalue weighted by molar-refractivity contribution is 6.00. The molecule has 5 heteroatoms. The molecule has 1 aliphatic heterocycles. The smallest absolute Gasteiger partial charge is 0.249 e. The third kappa shape index (κ3) is 2.21. The van der Waals surface area contributed by atoms with Crippen LogP contribution in [-0.2, 0) is 9.59 Å². The van der Waals surface area contributed by atoms with Gasteiger partial charge < -0.3 is 4.57 Å². The lowest BCUT2D eigenvalue weighted by Gasteiger charge is -2.23. The summed E-state index contributed by atoms with van der Waals surface area (Å²) < 4.78 is 16.5. The fourth-order valence-corrected chi connectivity index (χ4v) is 3.17. The van der Waals surface area contributed by atoms with Crippen LogP contribution < -0.4 is 5.32 Å². The standard InChI is InChI=1S/C17H19FN2O2/c1-9(2)11-4-5-12-15(16(11)18)10(3)8-20(12)13-6-7-14(21)19-17(13)22/h4-5,8-9,13H,6-7H2,1-3H3,(H,19,21,22). The van der Waals surface area contributed by atoms with Gasteiger partial charge in [0.05, 0.1) is 5.52 Å². The topological polar surface area (TPSA) is 51.1 Å². The van der Waals surface area contributed by atoms with E-state index in [4.69, 9.17) is 0 Å². The largest absolute Gasteiger partial charge is 0.335 e. The van der Waals surface area contributed by atoms with Crippen molar-refractivity contribution in [1.29, 1.82) is 0 Å². The average molecular weight is 302 g/mol. The van der Waals surface area contributed by atoms with E-state index in [1.54, 1.807) is 16.8 Å². The highest BCUT2D eigenvalue weighted by Crippen LogP contribution is 2.33. The lowest BCUT2D eigenvalue weighted by atomic mass is 9.99. The van der Waals surface area contributed by atoms with Crippen LogP contribution in [0.4, 0.5) is 4.39 Å². The second kappa shape index (κ2) is 5.23. The van der Waals surface area contributed by atoms with Gasteiger partial charge in [-0.3, -0.25) is 14.9 Å². The van der Waals surface area contributed by atoms with Crippen LogP contribution in [0.1, 0.15) is 49.8 Å². The van der Waals surface area contributed by atoms with E-state index < -0.39 is 6.04 Å². The van der Waals surface area contributed by atoms with E-state index in [0.717, 1.165) is 5.56 Å². The molecule has 1 saturated heterocycles. The molecule has 0 bridgehead atoms. The molecule has 1 unspecified atom stereocenters.